The molecule has 0 aliphatic carbocycles. The van der Waals surface area contributed by atoms with Crippen LogP contribution in [0, 0.1) is 0 Å². The molecule has 0 spiro atoms. The molecule has 1 aliphatic heterocycles. The van der Waals surface area contributed by atoms with Crippen molar-refractivity contribution in [3.63, 3.8) is 0 Å². The van der Waals surface area contributed by atoms with Crippen LogP contribution in [0.25, 0.3) is 0 Å². The molecule has 0 unspecified atom stereocenters. The van der Waals surface area contributed by atoms with Crippen LogP contribution < -0.4 is 10.2 Å². The molecule has 26 heavy (non-hydrogen) atoms. The van der Waals surface area contributed by atoms with E-state index in [1.807, 2.05) is 29.2 Å². The summed E-state index contributed by atoms with van der Waals surface area (Å²) in [4.78, 5) is 13.6. The van der Waals surface area contributed by atoms with Crippen LogP contribution in [0.15, 0.2) is 61.2 Å². The summed E-state index contributed by atoms with van der Waals surface area (Å²) in [5.41, 5.74) is 1.95. The lowest BCUT2D eigenvalue weighted by atomic mass is 9.97. The predicted octanol–water partition coefficient (Wildman–Crippen LogP) is 3.94. The fourth-order valence-corrected chi connectivity index (χ4v) is 3.26. The summed E-state index contributed by atoms with van der Waals surface area (Å²) >= 11 is 0. The Bertz CT molecular complexity index is 817. The van der Waals surface area contributed by atoms with Gasteiger partial charge in [-0.15, -0.1) is 0 Å². The molecule has 0 aromatic heterocycles. The predicted molar refractivity (Wildman–Crippen MR) is 94.8 cm³/mol. The highest BCUT2D eigenvalue weighted by Gasteiger charge is 2.31. The molecule has 0 saturated carbocycles. The van der Waals surface area contributed by atoms with Crippen molar-refractivity contribution in [2.75, 3.05) is 11.4 Å². The number of fused-ring (bicyclic) bond motifs is 1. The van der Waals surface area contributed by atoms with Gasteiger partial charge in [-0.3, -0.25) is 4.79 Å². The van der Waals surface area contributed by atoms with Crippen molar-refractivity contribution in [3.05, 3.63) is 77.9 Å². The Kier molecular flexibility index (Phi) is 5.02. The maximum absolute atomic E-state index is 13.0. The average Bonchev–Trinajstić information content (AvgIpc) is 2.61. The Hall–Kier alpha value is -2.76. The van der Waals surface area contributed by atoms with Gasteiger partial charge in [-0.1, -0.05) is 36.9 Å². The number of amides is 1. The maximum Gasteiger partial charge on any atom is 0.416 e. The van der Waals surface area contributed by atoms with Gasteiger partial charge in [0.1, 0.15) is 0 Å². The van der Waals surface area contributed by atoms with Gasteiger partial charge in [0.2, 0.25) is 5.91 Å². The van der Waals surface area contributed by atoms with Crippen molar-refractivity contribution in [1.82, 2.24) is 5.32 Å². The van der Waals surface area contributed by atoms with E-state index in [0.29, 0.717) is 25.1 Å². The third kappa shape index (κ3) is 4.07. The van der Waals surface area contributed by atoms with Crippen LogP contribution in [0.3, 0.4) is 0 Å². The molecule has 0 saturated heterocycles. The van der Waals surface area contributed by atoms with Gasteiger partial charge in [-0.25, -0.2) is 0 Å². The lowest BCUT2D eigenvalue weighted by Gasteiger charge is -2.36. The molecule has 3 rings (SSSR count). The minimum atomic E-state index is -4.36. The fourth-order valence-electron chi connectivity index (χ4n) is 3.26. The molecule has 0 bridgehead atoms. The molecule has 6 heteroatoms. The smallest absolute Gasteiger partial charge is 0.365 e. The van der Waals surface area contributed by atoms with Gasteiger partial charge in [0, 0.05) is 18.8 Å². The molecule has 1 heterocycles. The van der Waals surface area contributed by atoms with E-state index < -0.39 is 11.7 Å². The quantitative estimate of drug-likeness (QED) is 0.838. The molecule has 2 aromatic rings. The second-order valence-electron chi connectivity index (χ2n) is 6.32. The highest BCUT2D eigenvalue weighted by atomic mass is 19.4. The maximum atomic E-state index is 13.0. The van der Waals surface area contributed by atoms with Crippen molar-refractivity contribution in [2.45, 2.75) is 25.2 Å². The minimum absolute atomic E-state index is 0.124. The van der Waals surface area contributed by atoms with Gasteiger partial charge in [0.05, 0.1) is 11.6 Å². The van der Waals surface area contributed by atoms with Gasteiger partial charge >= 0.3 is 6.18 Å². The van der Waals surface area contributed by atoms with Crippen molar-refractivity contribution in [1.29, 1.82) is 0 Å². The first kappa shape index (κ1) is 18.0. The number of rotatable bonds is 4. The van der Waals surface area contributed by atoms with Crippen LogP contribution in [-0.4, -0.2) is 18.5 Å². The van der Waals surface area contributed by atoms with Crippen molar-refractivity contribution in [3.8, 4) is 0 Å². The Morgan fingerprint density at radius 1 is 1.23 bits per heavy atom. The SMILES string of the molecule is C=CC(=O)N[C@H]1Cc2ccccc2N(Cc2cccc(C(F)(F)F)c2)C1. The average molecular weight is 360 g/mol. The van der Waals surface area contributed by atoms with E-state index in [0.717, 1.165) is 17.3 Å². The highest BCUT2D eigenvalue weighted by molar-refractivity contribution is 5.87. The van der Waals surface area contributed by atoms with Gasteiger partial charge in [-0.2, -0.15) is 13.2 Å². The summed E-state index contributed by atoms with van der Waals surface area (Å²) in [6, 6.07) is 13.0. The van der Waals surface area contributed by atoms with Crippen LogP contribution in [0.4, 0.5) is 18.9 Å². The van der Waals surface area contributed by atoms with Gasteiger partial charge < -0.3 is 10.2 Å². The van der Waals surface area contributed by atoms with Crippen LogP contribution >= 0.6 is 0 Å². The summed E-state index contributed by atoms with van der Waals surface area (Å²) in [5, 5.41) is 2.88. The fraction of sp³-hybridized carbons (Fsp3) is 0.250. The zero-order valence-corrected chi connectivity index (χ0v) is 14.1. The molecule has 1 N–H and O–H groups in total. The first-order valence-electron chi connectivity index (χ1n) is 8.29. The van der Waals surface area contributed by atoms with Crippen LogP contribution in [0.1, 0.15) is 16.7 Å². The van der Waals surface area contributed by atoms with E-state index in [1.165, 1.54) is 18.2 Å². The molecule has 0 radical (unpaired) electrons. The van der Waals surface area contributed by atoms with Crippen LogP contribution in [0.2, 0.25) is 0 Å². The lowest BCUT2D eigenvalue weighted by molar-refractivity contribution is -0.137. The number of hydrogen-bond donors (Lipinski definition) is 1. The summed E-state index contributed by atoms with van der Waals surface area (Å²) < 4.78 is 38.9. The van der Waals surface area contributed by atoms with E-state index in [9.17, 15) is 18.0 Å². The van der Waals surface area contributed by atoms with Crippen molar-refractivity contribution in [2.24, 2.45) is 0 Å². The number of alkyl halides is 3. The molecule has 0 fully saturated rings. The number of carbonyl (C=O) groups excluding carboxylic acids is 1. The number of hydrogen-bond acceptors (Lipinski definition) is 2. The van der Waals surface area contributed by atoms with Crippen molar-refractivity contribution >= 4 is 11.6 Å². The molecule has 136 valence electrons. The van der Waals surface area contributed by atoms with E-state index in [4.69, 9.17) is 0 Å². The number of carbonyl (C=O) groups is 1. The highest BCUT2D eigenvalue weighted by Crippen LogP contribution is 2.32. The van der Waals surface area contributed by atoms with Gasteiger partial charge in [-0.05, 0) is 41.8 Å². The molecule has 1 atom stereocenters. The Morgan fingerprint density at radius 3 is 2.73 bits per heavy atom. The summed E-state index contributed by atoms with van der Waals surface area (Å²) in [7, 11) is 0. The van der Waals surface area contributed by atoms with Crippen molar-refractivity contribution < 1.29 is 18.0 Å². The number of anilines is 1. The largest absolute Gasteiger partial charge is 0.416 e. The number of nitrogens with one attached hydrogen (secondary N) is 1. The Balaban J connectivity index is 1.86. The number of halogens is 3. The van der Waals surface area contributed by atoms with E-state index in [1.54, 1.807) is 6.07 Å². The monoisotopic (exact) mass is 360 g/mol. The van der Waals surface area contributed by atoms with E-state index in [-0.39, 0.29) is 11.9 Å². The summed E-state index contributed by atoms with van der Waals surface area (Å²) in [6.07, 6.45) is -2.47. The Labute approximate surface area is 150 Å². The number of nitrogens with zero attached hydrogens (tertiary/aromatic N) is 1. The second-order valence-corrected chi connectivity index (χ2v) is 6.32. The third-order valence-corrected chi connectivity index (χ3v) is 4.40. The molecular weight excluding hydrogens is 341 g/mol. The number of para-hydroxylation sites is 1. The topological polar surface area (TPSA) is 32.3 Å². The zero-order valence-electron chi connectivity index (χ0n) is 14.1. The minimum Gasteiger partial charge on any atom is -0.365 e. The lowest BCUT2D eigenvalue weighted by Crippen LogP contribution is -2.47. The molecule has 3 nitrogen and oxygen atoms in total. The van der Waals surface area contributed by atoms with Gasteiger partial charge in [0.25, 0.3) is 0 Å². The number of benzene rings is 2. The first-order valence-corrected chi connectivity index (χ1v) is 8.29. The summed E-state index contributed by atoms with van der Waals surface area (Å²) in [6.45, 7) is 4.31. The normalized spacial score (nSPS) is 16.7. The molecule has 1 amide bonds. The first-order chi connectivity index (χ1) is 12.4. The molecular formula is C20H19F3N2O. The van der Waals surface area contributed by atoms with Crippen LogP contribution in [0.5, 0.6) is 0 Å². The zero-order chi connectivity index (χ0) is 18.7. The standard InChI is InChI=1S/C20H19F3N2O/c1-2-19(26)24-17-11-15-7-3-4-9-18(15)25(13-17)12-14-6-5-8-16(10-14)20(21,22)23/h2-10,17H,1,11-13H2,(H,24,26)/t17-/m0/s1. The van der Waals surface area contributed by atoms with E-state index in [2.05, 4.69) is 11.9 Å². The van der Waals surface area contributed by atoms with Gasteiger partial charge in [0.15, 0.2) is 0 Å². The summed E-state index contributed by atoms with van der Waals surface area (Å²) in [5.74, 6) is -0.256. The second kappa shape index (κ2) is 7.23. The van der Waals surface area contributed by atoms with Crippen LogP contribution in [-0.2, 0) is 23.9 Å². The molecule has 2 aromatic carbocycles. The third-order valence-electron chi connectivity index (χ3n) is 4.40. The Morgan fingerprint density at radius 2 is 2.00 bits per heavy atom. The molecule has 1 aliphatic rings. The van der Waals surface area contributed by atoms with E-state index >= 15 is 0 Å².